The fraction of sp³-hybridized carbons (Fsp3) is 0.857. The van der Waals surface area contributed by atoms with Crippen molar-refractivity contribution in [3.8, 4) is 0 Å². The Morgan fingerprint density at radius 2 is 1.70 bits per heavy atom. The van der Waals surface area contributed by atoms with Crippen LogP contribution in [-0.4, -0.2) is 50.7 Å². The van der Waals surface area contributed by atoms with Crippen LogP contribution >= 0.6 is 0 Å². The second-order valence-corrected chi connectivity index (χ2v) is 7.40. The van der Waals surface area contributed by atoms with Crippen molar-refractivity contribution in [1.29, 1.82) is 0 Å². The summed E-state index contributed by atoms with van der Waals surface area (Å²) in [5, 5.41) is 8.92. The third kappa shape index (κ3) is 4.30. The number of carbonyl (C=O) groups excluding carboxylic acids is 1. The second-order valence-electron chi connectivity index (χ2n) is 5.89. The number of nitrogens with zero attached hydrogens (tertiary/aromatic N) is 1. The molecule has 2 rings (SSSR count). The zero-order chi connectivity index (χ0) is 14.5. The van der Waals surface area contributed by atoms with Gasteiger partial charge in [-0.25, -0.2) is 0 Å². The molecule has 1 N–H and O–H groups in total. The van der Waals surface area contributed by atoms with E-state index in [4.69, 9.17) is 5.11 Å². The average Bonchev–Trinajstić information content (AvgIpc) is 2.91. The molecule has 1 saturated heterocycles. The first-order chi connectivity index (χ1) is 9.56. The summed E-state index contributed by atoms with van der Waals surface area (Å²) < 4.78 is 12.0. The van der Waals surface area contributed by atoms with E-state index in [2.05, 4.69) is 0 Å². The highest BCUT2D eigenvalue weighted by molar-refractivity contribution is 7.85. The summed E-state index contributed by atoms with van der Waals surface area (Å²) in [5.74, 6) is 0.0995. The van der Waals surface area contributed by atoms with Gasteiger partial charge < -0.3 is 10.0 Å². The first-order valence-corrected chi connectivity index (χ1v) is 8.90. The number of hydrogen-bond acceptors (Lipinski definition) is 3. The lowest BCUT2D eigenvalue weighted by molar-refractivity contribution is -0.145. The largest absolute Gasteiger partial charge is 0.481 e. The maximum absolute atomic E-state index is 12.0. The highest BCUT2D eigenvalue weighted by Gasteiger charge is 2.28. The van der Waals surface area contributed by atoms with Gasteiger partial charge in [0.2, 0.25) is 5.91 Å². The van der Waals surface area contributed by atoms with Crippen LogP contribution in [0.5, 0.6) is 0 Å². The number of carbonyl (C=O) groups is 2. The topological polar surface area (TPSA) is 74.7 Å². The summed E-state index contributed by atoms with van der Waals surface area (Å²) in [6, 6.07) is 0. The number of piperidine rings is 1. The van der Waals surface area contributed by atoms with Crippen molar-refractivity contribution < 1.29 is 18.9 Å². The van der Waals surface area contributed by atoms with Gasteiger partial charge in [0.15, 0.2) is 0 Å². The molecule has 1 amide bonds. The summed E-state index contributed by atoms with van der Waals surface area (Å²) >= 11 is 0. The van der Waals surface area contributed by atoms with Crippen LogP contribution in [0.3, 0.4) is 0 Å². The number of amides is 1. The van der Waals surface area contributed by atoms with E-state index in [-0.39, 0.29) is 17.6 Å². The van der Waals surface area contributed by atoms with Gasteiger partial charge in [0.05, 0.1) is 5.92 Å². The van der Waals surface area contributed by atoms with Crippen molar-refractivity contribution >= 4 is 22.7 Å². The van der Waals surface area contributed by atoms with Crippen LogP contribution in [-0.2, 0) is 20.4 Å². The van der Waals surface area contributed by atoms with Crippen LogP contribution in [0.4, 0.5) is 0 Å². The highest BCUT2D eigenvalue weighted by Crippen LogP contribution is 2.25. The standard InChI is InChI=1S/C14H23NO4S/c16-13(10-20(19)9-11-3-1-2-4-11)15-7-5-12(6-8-15)14(17)18/h11-12H,1-10H2,(H,17,18). The Balaban J connectivity index is 1.72. The van der Waals surface area contributed by atoms with Crippen LogP contribution in [0.15, 0.2) is 0 Å². The molecule has 0 bridgehead atoms. The SMILES string of the molecule is O=C(O)C1CCN(C(=O)CS(=O)CC2CCCC2)CC1. The molecule has 1 aliphatic heterocycles. The van der Waals surface area contributed by atoms with Crippen molar-refractivity contribution in [2.75, 3.05) is 24.6 Å². The van der Waals surface area contributed by atoms with Crippen molar-refractivity contribution in [2.45, 2.75) is 38.5 Å². The van der Waals surface area contributed by atoms with Gasteiger partial charge in [-0.05, 0) is 31.6 Å². The van der Waals surface area contributed by atoms with Crippen molar-refractivity contribution in [3.63, 3.8) is 0 Å². The molecule has 1 unspecified atom stereocenters. The van der Waals surface area contributed by atoms with E-state index in [1.54, 1.807) is 4.90 Å². The third-order valence-electron chi connectivity index (χ3n) is 4.38. The van der Waals surface area contributed by atoms with Crippen molar-refractivity contribution in [2.24, 2.45) is 11.8 Å². The molecule has 1 aliphatic carbocycles. The smallest absolute Gasteiger partial charge is 0.306 e. The van der Waals surface area contributed by atoms with Gasteiger partial charge in [-0.3, -0.25) is 13.8 Å². The lowest BCUT2D eigenvalue weighted by Gasteiger charge is -2.30. The Morgan fingerprint density at radius 3 is 2.25 bits per heavy atom. The molecule has 2 aliphatic rings. The normalized spacial score (nSPS) is 22.9. The van der Waals surface area contributed by atoms with E-state index in [0.29, 0.717) is 37.6 Å². The summed E-state index contributed by atoms with van der Waals surface area (Å²) in [6.07, 6.45) is 5.75. The fourth-order valence-corrected chi connectivity index (χ4v) is 4.54. The number of likely N-dealkylation sites (tertiary alicyclic amines) is 1. The molecule has 0 aromatic rings. The molecule has 0 aromatic carbocycles. The molecule has 1 atom stereocenters. The van der Waals surface area contributed by atoms with Crippen LogP contribution in [0.2, 0.25) is 0 Å². The lowest BCUT2D eigenvalue weighted by Crippen LogP contribution is -2.42. The molecule has 0 radical (unpaired) electrons. The van der Waals surface area contributed by atoms with Gasteiger partial charge in [0.1, 0.15) is 5.75 Å². The monoisotopic (exact) mass is 301 g/mol. The minimum Gasteiger partial charge on any atom is -0.481 e. The van der Waals surface area contributed by atoms with Crippen molar-refractivity contribution in [3.05, 3.63) is 0 Å². The molecule has 1 heterocycles. The van der Waals surface area contributed by atoms with Crippen LogP contribution in [0, 0.1) is 11.8 Å². The quantitative estimate of drug-likeness (QED) is 0.829. The molecule has 1 saturated carbocycles. The van der Waals surface area contributed by atoms with Crippen LogP contribution in [0.1, 0.15) is 38.5 Å². The van der Waals surface area contributed by atoms with Gasteiger partial charge in [-0.2, -0.15) is 0 Å². The molecule has 5 nitrogen and oxygen atoms in total. The van der Waals surface area contributed by atoms with Gasteiger partial charge >= 0.3 is 5.97 Å². The van der Waals surface area contributed by atoms with Gasteiger partial charge in [0.25, 0.3) is 0 Å². The maximum atomic E-state index is 12.0. The summed E-state index contributed by atoms with van der Waals surface area (Å²) in [7, 11) is -1.07. The highest BCUT2D eigenvalue weighted by atomic mass is 32.2. The predicted octanol–water partition coefficient (Wildman–Crippen LogP) is 1.25. The molecule has 0 spiro atoms. The zero-order valence-electron chi connectivity index (χ0n) is 11.8. The molecular weight excluding hydrogens is 278 g/mol. The van der Waals surface area contributed by atoms with Gasteiger partial charge in [-0.15, -0.1) is 0 Å². The van der Waals surface area contributed by atoms with E-state index in [0.717, 1.165) is 12.8 Å². The Labute approximate surface area is 122 Å². The van der Waals surface area contributed by atoms with Crippen molar-refractivity contribution in [1.82, 2.24) is 4.90 Å². The molecule has 20 heavy (non-hydrogen) atoms. The van der Waals surface area contributed by atoms with Crippen LogP contribution in [0.25, 0.3) is 0 Å². The first kappa shape index (κ1) is 15.5. The minimum atomic E-state index is -1.07. The number of carboxylic acid groups (broad SMARTS) is 1. The van der Waals surface area contributed by atoms with Crippen LogP contribution < -0.4 is 0 Å². The fourth-order valence-electron chi connectivity index (χ4n) is 3.10. The molecule has 6 heteroatoms. The number of rotatable bonds is 5. The van der Waals surface area contributed by atoms with E-state index >= 15 is 0 Å². The summed E-state index contributed by atoms with van der Waals surface area (Å²) in [6.45, 7) is 0.965. The average molecular weight is 301 g/mol. The van der Waals surface area contributed by atoms with Gasteiger partial charge in [0, 0.05) is 29.6 Å². The third-order valence-corrected chi connectivity index (χ3v) is 5.79. The maximum Gasteiger partial charge on any atom is 0.306 e. The Hall–Kier alpha value is -0.910. The Kier molecular flexibility index (Phi) is 5.57. The Bertz CT molecular complexity index is 385. The minimum absolute atomic E-state index is 0.0785. The second kappa shape index (κ2) is 7.20. The van der Waals surface area contributed by atoms with Gasteiger partial charge in [-0.1, -0.05) is 12.8 Å². The van der Waals surface area contributed by atoms with E-state index in [1.807, 2.05) is 0 Å². The number of aliphatic carboxylic acids is 1. The summed E-state index contributed by atoms with van der Waals surface area (Å²) in [4.78, 5) is 24.6. The number of carboxylic acids is 1. The molecule has 114 valence electrons. The molecular formula is C14H23NO4S. The Morgan fingerprint density at radius 1 is 1.10 bits per heavy atom. The predicted molar refractivity (Wildman–Crippen MR) is 76.8 cm³/mol. The first-order valence-electron chi connectivity index (χ1n) is 7.42. The van der Waals surface area contributed by atoms with E-state index in [1.165, 1.54) is 12.8 Å². The van der Waals surface area contributed by atoms with E-state index in [9.17, 15) is 13.8 Å². The zero-order valence-corrected chi connectivity index (χ0v) is 12.6. The van der Waals surface area contributed by atoms with E-state index < -0.39 is 16.8 Å². The molecule has 0 aromatic heterocycles. The number of hydrogen-bond donors (Lipinski definition) is 1. The summed E-state index contributed by atoms with van der Waals surface area (Å²) in [5.41, 5.74) is 0. The lowest BCUT2D eigenvalue weighted by atomic mass is 9.97. The molecule has 2 fully saturated rings.